The molecule has 0 N–H and O–H groups in total. The Morgan fingerprint density at radius 3 is 1.70 bits per heavy atom. The van der Waals surface area contributed by atoms with Crippen LogP contribution in [0.4, 0.5) is 0 Å². The van der Waals surface area contributed by atoms with Crippen LogP contribution in [0.15, 0.2) is 24.3 Å². The normalized spacial score (nSPS) is 11.2. The van der Waals surface area contributed by atoms with Crippen molar-refractivity contribution < 1.29 is 24.0 Å². The zero-order valence-electron chi connectivity index (χ0n) is 11.4. The van der Waals surface area contributed by atoms with Crippen LogP contribution in [0.3, 0.4) is 0 Å². The van der Waals surface area contributed by atoms with E-state index in [1.807, 2.05) is 51.5 Å². The number of rotatable bonds is 1. The van der Waals surface area contributed by atoms with E-state index in [0.717, 1.165) is 0 Å². The van der Waals surface area contributed by atoms with Gasteiger partial charge in [0.15, 0.2) is 0 Å². The minimum absolute atomic E-state index is 1.22. The maximum Gasteiger partial charge on any atom is -0.0312 e. The summed E-state index contributed by atoms with van der Waals surface area (Å²) in [7, 11) is 0. The molecule has 1 saturated carbocycles. The fourth-order valence-electron chi connectivity index (χ4n) is 1.18. The average Bonchev–Trinajstić information content (AvgIpc) is 3.11. The van der Waals surface area contributed by atoms with E-state index in [0.29, 0.717) is 0 Å². The first-order valence-electron chi connectivity index (χ1n) is 5.58. The summed E-state index contributed by atoms with van der Waals surface area (Å²) in [6.07, 6.45) is 10.0. The predicted molar refractivity (Wildman–Crippen MR) is 77.4 cm³/mol. The Morgan fingerprint density at radius 1 is 1.05 bits per heavy atom. The molecule has 1 aliphatic rings. The SMILES string of the molecule is CC(=[C]=[Mo])c1ccc(C)cc1.[C-]#[O+].[CH]1[CH][CH][CH][CH]1.[N-]=O. The second-order valence-corrected chi connectivity index (χ2v) is 4.06. The Kier molecular flexibility index (Phi) is 16.9. The molecular formula is C16H15MoNO2-. The van der Waals surface area contributed by atoms with Gasteiger partial charge < -0.3 is 10.5 Å². The quantitative estimate of drug-likeness (QED) is 0.434. The zero-order chi connectivity index (χ0) is 15.8. The van der Waals surface area contributed by atoms with Crippen molar-refractivity contribution in [3.05, 3.63) is 84.6 Å². The Morgan fingerprint density at radius 2 is 1.40 bits per heavy atom. The summed E-state index contributed by atoms with van der Waals surface area (Å²) >= 11 is 1.87. The van der Waals surface area contributed by atoms with Crippen molar-refractivity contribution in [1.29, 1.82) is 0 Å². The molecule has 0 amide bonds. The number of benzene rings is 1. The molecular weight excluding hydrogens is 334 g/mol. The number of hydrogen-bond acceptors (Lipinski definition) is 1. The van der Waals surface area contributed by atoms with E-state index in [1.54, 1.807) is 0 Å². The molecule has 0 aliphatic heterocycles. The van der Waals surface area contributed by atoms with Crippen LogP contribution in [0, 0.1) is 50.6 Å². The van der Waals surface area contributed by atoms with Crippen LogP contribution in [0.5, 0.6) is 0 Å². The Bertz CT molecular complexity index is 408. The largest absolute Gasteiger partial charge is 0.577 e. The first-order valence-corrected chi connectivity index (χ1v) is 6.58. The van der Waals surface area contributed by atoms with Crippen molar-refractivity contribution >= 4 is 9.63 Å². The van der Waals surface area contributed by atoms with Gasteiger partial charge in [0.05, 0.1) is 0 Å². The van der Waals surface area contributed by atoms with Gasteiger partial charge in [0.1, 0.15) is 0 Å². The van der Waals surface area contributed by atoms with E-state index in [4.69, 9.17) is 15.2 Å². The van der Waals surface area contributed by atoms with Crippen LogP contribution >= 0.6 is 0 Å². The van der Waals surface area contributed by atoms with Crippen LogP contribution in [-0.4, -0.2) is 4.06 Å². The summed E-state index contributed by atoms with van der Waals surface area (Å²) in [5.41, 5.74) is 9.54. The molecule has 2 rings (SSSR count). The second-order valence-electron chi connectivity index (χ2n) is 3.56. The van der Waals surface area contributed by atoms with E-state index >= 15 is 0 Å². The molecule has 1 aromatic carbocycles. The molecule has 103 valence electrons. The van der Waals surface area contributed by atoms with Gasteiger partial charge >= 0.3 is 89.5 Å². The van der Waals surface area contributed by atoms with Gasteiger partial charge in [-0.25, -0.2) is 0 Å². The number of nitroso groups, excluding NO2 is 1. The second kappa shape index (κ2) is 16.0. The minimum atomic E-state index is 1.22. The fourth-order valence-corrected chi connectivity index (χ4v) is 1.47. The molecule has 5 radical (unpaired) electrons. The van der Waals surface area contributed by atoms with E-state index in [9.17, 15) is 0 Å². The molecule has 0 atom stereocenters. The van der Waals surface area contributed by atoms with Crippen molar-refractivity contribution in [3.8, 4) is 0 Å². The van der Waals surface area contributed by atoms with E-state index in [2.05, 4.69) is 48.8 Å². The Hall–Kier alpha value is -1.10. The van der Waals surface area contributed by atoms with Crippen molar-refractivity contribution in [2.45, 2.75) is 13.8 Å². The van der Waals surface area contributed by atoms with Gasteiger partial charge in [-0.3, -0.25) is 0 Å². The van der Waals surface area contributed by atoms with Crippen LogP contribution in [0.1, 0.15) is 18.1 Å². The van der Waals surface area contributed by atoms with E-state index in [1.165, 1.54) is 16.7 Å². The Labute approximate surface area is 132 Å². The van der Waals surface area contributed by atoms with Crippen LogP contribution in [0.25, 0.3) is 11.2 Å². The number of aryl methyl sites for hydroxylation is 1. The maximum atomic E-state index is 7.50. The molecule has 0 saturated heterocycles. The first-order chi connectivity index (χ1) is 9.74. The van der Waals surface area contributed by atoms with Crippen molar-refractivity contribution in [1.82, 2.24) is 0 Å². The van der Waals surface area contributed by atoms with Crippen LogP contribution < -0.4 is 0 Å². The zero-order valence-corrected chi connectivity index (χ0v) is 13.4. The van der Waals surface area contributed by atoms with Gasteiger partial charge in [-0.05, 0) is 32.1 Å². The number of nitrogens with zero attached hydrogens (tertiary/aromatic N) is 1. The molecule has 0 aromatic heterocycles. The molecule has 0 unspecified atom stereocenters. The van der Waals surface area contributed by atoms with Gasteiger partial charge in [-0.2, -0.15) is 0 Å². The minimum Gasteiger partial charge on any atom is -0.577 e. The summed E-state index contributed by atoms with van der Waals surface area (Å²) in [4.78, 5) is 7.25. The third-order valence-corrected chi connectivity index (χ3v) is 2.95. The molecule has 3 nitrogen and oxygen atoms in total. The van der Waals surface area contributed by atoms with Crippen LogP contribution in [0.2, 0.25) is 0 Å². The molecule has 0 spiro atoms. The van der Waals surface area contributed by atoms with E-state index in [-0.39, 0.29) is 0 Å². The summed E-state index contributed by atoms with van der Waals surface area (Å²) in [5.74, 6) is 0. The molecule has 4 heteroatoms. The monoisotopic (exact) mass is 351 g/mol. The van der Waals surface area contributed by atoms with Crippen molar-refractivity contribution in [2.24, 2.45) is 0 Å². The first kappa shape index (κ1) is 21.2. The van der Waals surface area contributed by atoms with Gasteiger partial charge in [-0.15, -0.1) is 0 Å². The number of hydrogen-bond donors (Lipinski definition) is 0. The number of allylic oxidation sites excluding steroid dienone is 1. The third-order valence-electron chi connectivity index (χ3n) is 2.19. The smallest absolute Gasteiger partial charge is 0.0312 e. The standard InChI is InChI=1S/C10H10.C5H5.CO.Mo.NO/c1-8(2)10-6-4-9(3)5-7-10;1-2-4-5-3-1;1-2;;1-2/h4-7H,1,3H3;1-5H;;;/q;;;;-1. The van der Waals surface area contributed by atoms with Crippen molar-refractivity contribution in [3.63, 3.8) is 0 Å². The average molecular weight is 349 g/mol. The molecule has 1 aromatic rings. The third kappa shape index (κ3) is 10.8. The van der Waals surface area contributed by atoms with Crippen molar-refractivity contribution in [2.75, 3.05) is 0 Å². The molecule has 0 heterocycles. The van der Waals surface area contributed by atoms with Gasteiger partial charge in [-0.1, -0.05) is 0 Å². The van der Waals surface area contributed by atoms with Crippen LogP contribution in [-0.2, 0) is 24.0 Å². The topological polar surface area (TPSA) is 59.3 Å². The molecule has 1 fully saturated rings. The molecule has 20 heavy (non-hydrogen) atoms. The summed E-state index contributed by atoms with van der Waals surface area (Å²) in [6, 6.07) is 8.50. The molecule has 1 aliphatic carbocycles. The van der Waals surface area contributed by atoms with Gasteiger partial charge in [0.2, 0.25) is 0 Å². The van der Waals surface area contributed by atoms with E-state index < -0.39 is 0 Å². The fraction of sp³-hybridized carbons (Fsp3) is 0.125. The summed E-state index contributed by atoms with van der Waals surface area (Å²) in [6.45, 7) is 8.67. The predicted octanol–water partition coefficient (Wildman–Crippen LogP) is 3.65. The summed E-state index contributed by atoms with van der Waals surface area (Å²) in [5, 5.41) is 0. The summed E-state index contributed by atoms with van der Waals surface area (Å²) < 4.78 is 10.6. The molecule has 0 bridgehead atoms. The maximum absolute atomic E-state index is 7.50. The van der Waals surface area contributed by atoms with Gasteiger partial charge in [0, 0.05) is 0 Å². The Balaban J connectivity index is 0. The van der Waals surface area contributed by atoms with Gasteiger partial charge in [0.25, 0.3) is 0 Å².